The minimum Gasteiger partial charge on any atom is -0.316 e. The van der Waals surface area contributed by atoms with E-state index in [0.717, 1.165) is 18.4 Å². The number of hydrogen-bond donors (Lipinski definition) is 1. The lowest BCUT2D eigenvalue weighted by molar-refractivity contribution is 0.0662. The summed E-state index contributed by atoms with van der Waals surface area (Å²) >= 11 is 0. The highest BCUT2D eigenvalue weighted by atomic mass is 15.1. The number of rotatable bonds is 6. The lowest BCUT2D eigenvalue weighted by Crippen LogP contribution is -2.48. The first kappa shape index (κ1) is 16.3. The molecule has 0 bridgehead atoms. The standard InChI is InChI=1S/C18H36N2/c1-4-17-8-12-20(13-9-17)15-18(14-19-5-2)10-6-16(3)7-11-18/h16-17,19H,4-15H2,1-3H3. The van der Waals surface area contributed by atoms with Gasteiger partial charge >= 0.3 is 0 Å². The Morgan fingerprint density at radius 1 is 1.05 bits per heavy atom. The molecular weight excluding hydrogens is 244 g/mol. The molecule has 2 fully saturated rings. The molecule has 118 valence electrons. The van der Waals surface area contributed by atoms with Crippen molar-refractivity contribution in [1.82, 2.24) is 10.2 Å². The van der Waals surface area contributed by atoms with Gasteiger partial charge in [0, 0.05) is 13.1 Å². The fraction of sp³-hybridized carbons (Fsp3) is 1.00. The van der Waals surface area contributed by atoms with Gasteiger partial charge < -0.3 is 10.2 Å². The molecule has 1 heterocycles. The minimum atomic E-state index is 0.571. The van der Waals surface area contributed by atoms with Crippen molar-refractivity contribution in [3.8, 4) is 0 Å². The SMILES string of the molecule is CCNCC1(CN2CCC(CC)CC2)CCC(C)CC1. The van der Waals surface area contributed by atoms with Crippen LogP contribution < -0.4 is 5.32 Å². The van der Waals surface area contributed by atoms with Crippen molar-refractivity contribution in [3.63, 3.8) is 0 Å². The molecule has 2 heteroatoms. The third kappa shape index (κ3) is 4.46. The zero-order valence-electron chi connectivity index (χ0n) is 14.1. The molecule has 0 spiro atoms. The molecule has 20 heavy (non-hydrogen) atoms. The summed E-state index contributed by atoms with van der Waals surface area (Å²) in [6.45, 7) is 13.4. The van der Waals surface area contributed by atoms with Crippen LogP contribution in [0.15, 0.2) is 0 Å². The zero-order chi connectivity index (χ0) is 14.4. The van der Waals surface area contributed by atoms with Gasteiger partial charge in [0.25, 0.3) is 0 Å². The summed E-state index contributed by atoms with van der Waals surface area (Å²) < 4.78 is 0. The molecule has 0 aromatic carbocycles. The quantitative estimate of drug-likeness (QED) is 0.793. The van der Waals surface area contributed by atoms with E-state index in [4.69, 9.17) is 0 Å². The van der Waals surface area contributed by atoms with Gasteiger partial charge in [-0.3, -0.25) is 0 Å². The lowest BCUT2D eigenvalue weighted by atomic mass is 9.70. The largest absolute Gasteiger partial charge is 0.316 e. The van der Waals surface area contributed by atoms with Crippen LogP contribution in [0.3, 0.4) is 0 Å². The van der Waals surface area contributed by atoms with Crippen molar-refractivity contribution >= 4 is 0 Å². The van der Waals surface area contributed by atoms with Gasteiger partial charge in [0.05, 0.1) is 0 Å². The van der Waals surface area contributed by atoms with Gasteiger partial charge in [-0.1, -0.05) is 40.0 Å². The van der Waals surface area contributed by atoms with E-state index in [1.165, 1.54) is 71.1 Å². The molecule has 0 amide bonds. The van der Waals surface area contributed by atoms with E-state index in [9.17, 15) is 0 Å². The van der Waals surface area contributed by atoms with Gasteiger partial charge in [0.1, 0.15) is 0 Å². The molecular formula is C18H36N2. The van der Waals surface area contributed by atoms with E-state index in [-0.39, 0.29) is 0 Å². The highest BCUT2D eigenvalue weighted by molar-refractivity contribution is 4.90. The van der Waals surface area contributed by atoms with Gasteiger partial charge in [-0.25, -0.2) is 0 Å². The van der Waals surface area contributed by atoms with E-state index >= 15 is 0 Å². The fourth-order valence-electron chi connectivity index (χ4n) is 4.18. The summed E-state index contributed by atoms with van der Waals surface area (Å²) in [4.78, 5) is 2.78. The highest BCUT2D eigenvalue weighted by Crippen LogP contribution is 2.39. The van der Waals surface area contributed by atoms with Crippen molar-refractivity contribution in [2.45, 2.75) is 65.7 Å². The van der Waals surface area contributed by atoms with Crippen LogP contribution in [0.1, 0.15) is 65.7 Å². The van der Waals surface area contributed by atoms with Gasteiger partial charge in [0.2, 0.25) is 0 Å². The van der Waals surface area contributed by atoms with Crippen molar-refractivity contribution < 1.29 is 0 Å². The molecule has 1 saturated heterocycles. The van der Waals surface area contributed by atoms with Crippen LogP contribution in [-0.2, 0) is 0 Å². The Morgan fingerprint density at radius 2 is 1.70 bits per heavy atom. The Bertz CT molecular complexity index is 255. The van der Waals surface area contributed by atoms with Crippen LogP contribution in [0.25, 0.3) is 0 Å². The summed E-state index contributed by atoms with van der Waals surface area (Å²) in [5.41, 5.74) is 0.571. The predicted molar refractivity (Wildman–Crippen MR) is 88.1 cm³/mol. The molecule has 2 nitrogen and oxygen atoms in total. The molecule has 2 aliphatic rings. The molecule has 0 aromatic heterocycles. The molecule has 1 aliphatic carbocycles. The maximum absolute atomic E-state index is 3.66. The molecule has 0 atom stereocenters. The lowest BCUT2D eigenvalue weighted by Gasteiger charge is -2.44. The van der Waals surface area contributed by atoms with E-state index in [1.807, 2.05) is 0 Å². The van der Waals surface area contributed by atoms with Crippen LogP contribution >= 0.6 is 0 Å². The van der Waals surface area contributed by atoms with Crippen LogP contribution in [0, 0.1) is 17.3 Å². The molecule has 1 N–H and O–H groups in total. The Hall–Kier alpha value is -0.0800. The third-order valence-corrected chi connectivity index (χ3v) is 5.93. The Morgan fingerprint density at radius 3 is 2.25 bits per heavy atom. The summed E-state index contributed by atoms with van der Waals surface area (Å²) in [6.07, 6.45) is 10.0. The Labute approximate surface area is 126 Å². The fourth-order valence-corrected chi connectivity index (χ4v) is 4.18. The molecule has 0 radical (unpaired) electrons. The molecule has 0 aromatic rings. The second-order valence-electron chi connectivity index (χ2n) is 7.59. The van der Waals surface area contributed by atoms with Crippen LogP contribution in [-0.4, -0.2) is 37.6 Å². The van der Waals surface area contributed by atoms with Gasteiger partial charge in [-0.15, -0.1) is 0 Å². The molecule has 1 saturated carbocycles. The summed E-state index contributed by atoms with van der Waals surface area (Å²) in [5, 5.41) is 3.66. The van der Waals surface area contributed by atoms with Crippen molar-refractivity contribution in [1.29, 1.82) is 0 Å². The topological polar surface area (TPSA) is 15.3 Å². The maximum atomic E-state index is 3.66. The first-order chi connectivity index (χ1) is 9.67. The number of nitrogens with zero attached hydrogens (tertiary/aromatic N) is 1. The Kier molecular flexibility index (Phi) is 6.35. The minimum absolute atomic E-state index is 0.571. The third-order valence-electron chi connectivity index (χ3n) is 5.93. The van der Waals surface area contributed by atoms with Gasteiger partial charge in [0.15, 0.2) is 0 Å². The van der Waals surface area contributed by atoms with Crippen molar-refractivity contribution in [2.24, 2.45) is 17.3 Å². The monoisotopic (exact) mass is 280 g/mol. The van der Waals surface area contributed by atoms with E-state index < -0.39 is 0 Å². The number of likely N-dealkylation sites (tertiary alicyclic amines) is 1. The average molecular weight is 280 g/mol. The molecule has 1 aliphatic heterocycles. The molecule has 2 rings (SSSR count). The highest BCUT2D eigenvalue weighted by Gasteiger charge is 2.36. The van der Waals surface area contributed by atoms with Crippen LogP contribution in [0.2, 0.25) is 0 Å². The molecule has 0 unspecified atom stereocenters. The van der Waals surface area contributed by atoms with Crippen molar-refractivity contribution in [2.75, 3.05) is 32.7 Å². The van der Waals surface area contributed by atoms with Crippen molar-refractivity contribution in [3.05, 3.63) is 0 Å². The Balaban J connectivity index is 1.87. The van der Waals surface area contributed by atoms with Gasteiger partial charge in [-0.05, 0) is 62.6 Å². The summed E-state index contributed by atoms with van der Waals surface area (Å²) in [6, 6.07) is 0. The van der Waals surface area contributed by atoms with E-state index in [2.05, 4.69) is 31.0 Å². The normalized spacial score (nSPS) is 33.5. The predicted octanol–water partition coefficient (Wildman–Crippen LogP) is 3.91. The second kappa shape index (κ2) is 7.79. The van der Waals surface area contributed by atoms with Gasteiger partial charge in [-0.2, -0.15) is 0 Å². The number of hydrogen-bond acceptors (Lipinski definition) is 2. The first-order valence-electron chi connectivity index (χ1n) is 9.10. The summed E-state index contributed by atoms with van der Waals surface area (Å²) in [5.74, 6) is 1.96. The summed E-state index contributed by atoms with van der Waals surface area (Å²) in [7, 11) is 0. The second-order valence-corrected chi connectivity index (χ2v) is 7.59. The van der Waals surface area contributed by atoms with E-state index in [0.29, 0.717) is 5.41 Å². The first-order valence-corrected chi connectivity index (χ1v) is 9.10. The maximum Gasteiger partial charge on any atom is 0.00501 e. The number of piperidine rings is 1. The zero-order valence-corrected chi connectivity index (χ0v) is 14.1. The average Bonchev–Trinajstić information content (AvgIpc) is 2.49. The number of nitrogens with one attached hydrogen (secondary N) is 1. The van der Waals surface area contributed by atoms with Crippen LogP contribution in [0.4, 0.5) is 0 Å². The smallest absolute Gasteiger partial charge is 0.00501 e. The van der Waals surface area contributed by atoms with E-state index in [1.54, 1.807) is 0 Å². The van der Waals surface area contributed by atoms with Crippen LogP contribution in [0.5, 0.6) is 0 Å².